The van der Waals surface area contributed by atoms with E-state index in [1.165, 1.54) is 23.5 Å². The molecular formula is C14H20FNO4S. The third-order valence-corrected chi connectivity index (χ3v) is 5.71. The molecule has 1 aromatic rings. The Hall–Kier alpha value is -1.18. The molecule has 0 saturated carbocycles. The zero-order valence-electron chi connectivity index (χ0n) is 12.0. The summed E-state index contributed by atoms with van der Waals surface area (Å²) in [6.45, 7) is 0.342. The van der Waals surface area contributed by atoms with Crippen LogP contribution in [0.3, 0.4) is 0 Å². The van der Waals surface area contributed by atoms with Gasteiger partial charge in [-0.25, -0.2) is 12.8 Å². The molecule has 0 radical (unpaired) electrons. The number of rotatable bonds is 5. The standard InChI is InChI=1S/C14H20FNO4S/c1-20-14-6-5-12(10-13(14)15)21(18,19)16-8-3-2-4-11(16)7-9-17/h5-6,10-11,17H,2-4,7-9H2,1H3. The second-order valence-electron chi connectivity index (χ2n) is 5.07. The lowest BCUT2D eigenvalue weighted by Gasteiger charge is -2.34. The van der Waals surface area contributed by atoms with E-state index in [0.717, 1.165) is 25.3 Å². The highest BCUT2D eigenvalue weighted by atomic mass is 32.2. The van der Waals surface area contributed by atoms with Crippen LogP contribution in [-0.4, -0.2) is 44.1 Å². The van der Waals surface area contributed by atoms with E-state index in [-0.39, 0.29) is 23.3 Å². The van der Waals surface area contributed by atoms with Crippen LogP contribution in [0.4, 0.5) is 4.39 Å². The van der Waals surface area contributed by atoms with Gasteiger partial charge in [0.15, 0.2) is 11.6 Å². The van der Waals surface area contributed by atoms with Crippen LogP contribution >= 0.6 is 0 Å². The largest absolute Gasteiger partial charge is 0.494 e. The average molecular weight is 317 g/mol. The Morgan fingerprint density at radius 2 is 2.19 bits per heavy atom. The molecule has 7 heteroatoms. The summed E-state index contributed by atoms with van der Waals surface area (Å²) in [5, 5.41) is 9.09. The van der Waals surface area contributed by atoms with Gasteiger partial charge in [-0.2, -0.15) is 4.31 Å². The molecular weight excluding hydrogens is 297 g/mol. The summed E-state index contributed by atoms with van der Waals surface area (Å²) in [6.07, 6.45) is 2.84. The third-order valence-electron chi connectivity index (χ3n) is 3.77. The Balaban J connectivity index is 2.33. The molecule has 0 bridgehead atoms. The van der Waals surface area contributed by atoms with Gasteiger partial charge in [0.25, 0.3) is 0 Å². The maximum absolute atomic E-state index is 13.7. The van der Waals surface area contributed by atoms with E-state index in [1.54, 1.807) is 0 Å². The number of benzene rings is 1. The molecule has 1 aliphatic heterocycles. The fourth-order valence-corrected chi connectivity index (χ4v) is 4.41. The van der Waals surface area contributed by atoms with Gasteiger partial charge >= 0.3 is 0 Å². The third kappa shape index (κ3) is 3.36. The van der Waals surface area contributed by atoms with Crippen molar-refractivity contribution in [3.05, 3.63) is 24.0 Å². The van der Waals surface area contributed by atoms with Crippen molar-refractivity contribution in [2.45, 2.75) is 36.6 Å². The molecule has 1 aromatic carbocycles. The number of ether oxygens (including phenoxy) is 1. The second-order valence-corrected chi connectivity index (χ2v) is 6.96. The minimum atomic E-state index is -3.75. The summed E-state index contributed by atoms with van der Waals surface area (Å²) in [4.78, 5) is -0.0781. The number of halogens is 1. The number of methoxy groups -OCH3 is 1. The highest BCUT2D eigenvalue weighted by Crippen LogP contribution is 2.29. The Labute approximate surface area is 124 Å². The smallest absolute Gasteiger partial charge is 0.243 e. The van der Waals surface area contributed by atoms with Crippen LogP contribution in [-0.2, 0) is 10.0 Å². The molecule has 1 N–H and O–H groups in total. The van der Waals surface area contributed by atoms with Crippen molar-refractivity contribution < 1.29 is 22.7 Å². The SMILES string of the molecule is COc1ccc(S(=O)(=O)N2CCCCC2CCO)cc1F. The minimum Gasteiger partial charge on any atom is -0.494 e. The van der Waals surface area contributed by atoms with E-state index in [4.69, 9.17) is 9.84 Å². The molecule has 1 fully saturated rings. The first kappa shape index (κ1) is 16.2. The fraction of sp³-hybridized carbons (Fsp3) is 0.571. The predicted octanol–water partition coefficient (Wildman–Crippen LogP) is 1.76. The van der Waals surface area contributed by atoms with E-state index in [0.29, 0.717) is 13.0 Å². The van der Waals surface area contributed by atoms with Crippen LogP contribution in [0.25, 0.3) is 0 Å². The summed E-state index contributed by atoms with van der Waals surface area (Å²) < 4.78 is 45.3. The van der Waals surface area contributed by atoms with Gasteiger partial charge in [-0.3, -0.25) is 0 Å². The average Bonchev–Trinajstić information content (AvgIpc) is 2.48. The molecule has 0 amide bonds. The summed E-state index contributed by atoms with van der Waals surface area (Å²) >= 11 is 0. The van der Waals surface area contributed by atoms with Gasteiger partial charge in [0, 0.05) is 19.2 Å². The van der Waals surface area contributed by atoms with Gasteiger partial charge in [-0.15, -0.1) is 0 Å². The number of piperidine rings is 1. The molecule has 1 atom stereocenters. The van der Waals surface area contributed by atoms with E-state index in [9.17, 15) is 12.8 Å². The van der Waals surface area contributed by atoms with Crippen molar-refractivity contribution in [1.29, 1.82) is 0 Å². The highest BCUT2D eigenvalue weighted by molar-refractivity contribution is 7.89. The molecule has 1 saturated heterocycles. The van der Waals surface area contributed by atoms with Crippen LogP contribution < -0.4 is 4.74 Å². The minimum absolute atomic E-state index is 0.0134. The number of nitrogens with zero attached hydrogens (tertiary/aromatic N) is 1. The van der Waals surface area contributed by atoms with Gasteiger partial charge in [0.2, 0.25) is 10.0 Å². The van der Waals surface area contributed by atoms with E-state index < -0.39 is 15.8 Å². The van der Waals surface area contributed by atoms with Crippen molar-refractivity contribution in [2.75, 3.05) is 20.3 Å². The number of sulfonamides is 1. The zero-order chi connectivity index (χ0) is 15.5. The molecule has 0 spiro atoms. The molecule has 1 aliphatic rings. The first-order valence-corrected chi connectivity index (χ1v) is 8.41. The monoisotopic (exact) mass is 317 g/mol. The highest BCUT2D eigenvalue weighted by Gasteiger charge is 2.33. The molecule has 0 aromatic heterocycles. The fourth-order valence-electron chi connectivity index (χ4n) is 2.67. The number of hydrogen-bond acceptors (Lipinski definition) is 4. The Morgan fingerprint density at radius 1 is 1.43 bits per heavy atom. The van der Waals surface area contributed by atoms with Crippen molar-refractivity contribution in [3.8, 4) is 5.75 Å². The van der Waals surface area contributed by atoms with Gasteiger partial charge < -0.3 is 9.84 Å². The molecule has 5 nitrogen and oxygen atoms in total. The van der Waals surface area contributed by atoms with Crippen molar-refractivity contribution >= 4 is 10.0 Å². The molecule has 21 heavy (non-hydrogen) atoms. The lowest BCUT2D eigenvalue weighted by atomic mass is 10.0. The van der Waals surface area contributed by atoms with Crippen molar-refractivity contribution in [1.82, 2.24) is 4.31 Å². The van der Waals surface area contributed by atoms with Gasteiger partial charge in [0.05, 0.1) is 12.0 Å². The Bertz CT molecular complexity index is 589. The van der Waals surface area contributed by atoms with Crippen LogP contribution in [0, 0.1) is 5.82 Å². The molecule has 0 aliphatic carbocycles. The van der Waals surface area contributed by atoms with Crippen molar-refractivity contribution in [2.24, 2.45) is 0 Å². The summed E-state index contributed by atoms with van der Waals surface area (Å²) in [5.41, 5.74) is 0. The molecule has 1 heterocycles. The lowest BCUT2D eigenvalue weighted by Crippen LogP contribution is -2.44. The van der Waals surface area contributed by atoms with Crippen LogP contribution in [0.2, 0.25) is 0 Å². The molecule has 118 valence electrons. The lowest BCUT2D eigenvalue weighted by molar-refractivity contribution is 0.192. The Morgan fingerprint density at radius 3 is 2.81 bits per heavy atom. The van der Waals surface area contributed by atoms with Gasteiger partial charge in [0.1, 0.15) is 0 Å². The first-order valence-electron chi connectivity index (χ1n) is 6.97. The topological polar surface area (TPSA) is 66.8 Å². The molecule has 1 unspecified atom stereocenters. The van der Waals surface area contributed by atoms with Crippen LogP contribution in [0.5, 0.6) is 5.75 Å². The maximum atomic E-state index is 13.7. The zero-order valence-corrected chi connectivity index (χ0v) is 12.8. The summed E-state index contributed by atoms with van der Waals surface area (Å²) in [6, 6.07) is 3.42. The quantitative estimate of drug-likeness (QED) is 0.898. The van der Waals surface area contributed by atoms with Crippen molar-refractivity contribution in [3.63, 3.8) is 0 Å². The van der Waals surface area contributed by atoms with Crippen LogP contribution in [0.1, 0.15) is 25.7 Å². The number of hydrogen-bond donors (Lipinski definition) is 1. The molecule has 2 rings (SSSR count). The predicted molar refractivity (Wildman–Crippen MR) is 76.2 cm³/mol. The first-order chi connectivity index (χ1) is 10.0. The van der Waals surface area contributed by atoms with E-state index in [1.807, 2.05) is 0 Å². The van der Waals surface area contributed by atoms with Gasteiger partial charge in [-0.05, 0) is 37.5 Å². The summed E-state index contributed by atoms with van der Waals surface area (Å²) in [5.74, 6) is -0.686. The van der Waals surface area contributed by atoms with Gasteiger partial charge in [-0.1, -0.05) is 6.42 Å². The van der Waals surface area contributed by atoms with E-state index in [2.05, 4.69) is 0 Å². The Kier molecular flexibility index (Phi) is 5.18. The van der Waals surface area contributed by atoms with E-state index >= 15 is 0 Å². The summed E-state index contributed by atoms with van der Waals surface area (Å²) in [7, 11) is -2.43. The number of aliphatic hydroxyl groups excluding tert-OH is 1. The maximum Gasteiger partial charge on any atom is 0.243 e. The second kappa shape index (κ2) is 6.72. The van der Waals surface area contributed by atoms with Crippen LogP contribution in [0.15, 0.2) is 23.1 Å². The number of aliphatic hydroxyl groups is 1. The normalized spacial score (nSPS) is 20.4.